The predicted molar refractivity (Wildman–Crippen MR) is 119 cm³/mol. The van der Waals surface area contributed by atoms with Crippen molar-refractivity contribution in [2.75, 3.05) is 12.4 Å². The Morgan fingerprint density at radius 2 is 1.94 bits per heavy atom. The average Bonchev–Trinajstić information content (AvgIpc) is 3.23. The van der Waals surface area contributed by atoms with Gasteiger partial charge in [-0.1, -0.05) is 19.1 Å². The van der Waals surface area contributed by atoms with Crippen molar-refractivity contribution in [2.45, 2.75) is 26.3 Å². The van der Waals surface area contributed by atoms with Gasteiger partial charge in [0.25, 0.3) is 0 Å². The van der Waals surface area contributed by atoms with Crippen LogP contribution in [0.5, 0.6) is 23.1 Å². The molecule has 4 aromatic rings. The van der Waals surface area contributed by atoms with Crippen LogP contribution in [-0.2, 0) is 11.3 Å². The van der Waals surface area contributed by atoms with Gasteiger partial charge in [0.2, 0.25) is 11.8 Å². The fourth-order valence-corrected chi connectivity index (χ4v) is 3.01. The van der Waals surface area contributed by atoms with Crippen molar-refractivity contribution < 1.29 is 19.4 Å². The number of hydrogen-bond donors (Lipinski definition) is 2. The molecule has 1 amide bonds. The second-order valence-corrected chi connectivity index (χ2v) is 7.39. The van der Waals surface area contributed by atoms with Crippen molar-refractivity contribution >= 4 is 22.5 Å². The summed E-state index contributed by atoms with van der Waals surface area (Å²) in [7, 11) is 1.46. The first kappa shape index (κ1) is 23.4. The Balaban J connectivity index is 0.00000306. The molecule has 0 spiro atoms. The van der Waals surface area contributed by atoms with Crippen molar-refractivity contribution in [3.8, 4) is 23.1 Å². The molecule has 0 unspecified atom stereocenters. The fraction of sp³-hybridized carbons (Fsp3) is 0.227. The number of amides is 1. The molecule has 2 aromatic heterocycles. The van der Waals surface area contributed by atoms with Crippen LogP contribution in [-0.4, -0.2) is 43.1 Å². The zero-order chi connectivity index (χ0) is 22.7. The lowest BCUT2D eigenvalue weighted by molar-refractivity contribution is -0.116. The van der Waals surface area contributed by atoms with E-state index in [2.05, 4.69) is 25.6 Å². The molecule has 0 fully saturated rings. The van der Waals surface area contributed by atoms with Crippen LogP contribution in [0.4, 0.5) is 5.69 Å². The summed E-state index contributed by atoms with van der Waals surface area (Å²) < 4.78 is 12.6. The number of nitrogens with zero attached hydrogens (tertiary/aromatic N) is 6. The van der Waals surface area contributed by atoms with E-state index in [4.69, 9.17) is 9.47 Å². The molecule has 11 nitrogen and oxygen atoms in total. The third-order valence-electron chi connectivity index (χ3n) is 4.71. The molecule has 4 rings (SSSR count). The predicted octanol–water partition coefficient (Wildman–Crippen LogP) is 3.01. The van der Waals surface area contributed by atoms with Crippen LogP contribution in [0.15, 0.2) is 48.9 Å². The number of phenols is 1. The third-order valence-corrected chi connectivity index (χ3v) is 4.71. The highest BCUT2D eigenvalue weighted by atomic mass is 16.5. The van der Waals surface area contributed by atoms with E-state index < -0.39 is 0 Å². The maximum atomic E-state index is 12.3. The van der Waals surface area contributed by atoms with Crippen molar-refractivity contribution in [3.05, 3.63) is 54.6 Å². The zero-order valence-corrected chi connectivity index (χ0v) is 18.3. The lowest BCUT2D eigenvalue weighted by Crippen LogP contribution is -2.19. The number of benzene rings is 2. The highest BCUT2D eigenvalue weighted by Gasteiger charge is 2.12. The number of hydrogen-bond acceptors (Lipinski definition) is 8. The topological polar surface area (TPSA) is 155 Å². The van der Waals surface area contributed by atoms with Crippen LogP contribution in [0.1, 0.15) is 25.5 Å². The van der Waals surface area contributed by atoms with Crippen LogP contribution in [0.25, 0.3) is 10.9 Å². The van der Waals surface area contributed by atoms with Crippen LogP contribution in [0, 0.1) is 0 Å². The number of carbonyl (C=O) groups is 1. The maximum absolute atomic E-state index is 12.3. The Morgan fingerprint density at radius 1 is 1.18 bits per heavy atom. The van der Waals surface area contributed by atoms with Gasteiger partial charge in [0, 0.05) is 24.1 Å². The number of ether oxygens (including phenoxy) is 2. The van der Waals surface area contributed by atoms with Gasteiger partial charge in [0.1, 0.15) is 18.6 Å². The maximum Gasteiger partial charge on any atom is 0.246 e. The number of phenolic OH excluding ortho intramolecular Hbond substituents is 1. The molecule has 0 saturated carbocycles. The standard InChI is InChI=1S/C22H22N6O4.N/c1-13(2)18-10-28(27-26-18)11-21(30)25-14-4-6-15(7-5-14)32-22-16-8-20(31-3)19(29)9-17(16)23-12-24-22;/h4-10,12-13,29H,11H2,1-3H3,(H,25,30);. The molecule has 0 bridgehead atoms. The van der Waals surface area contributed by atoms with E-state index in [1.807, 2.05) is 13.8 Å². The number of anilines is 1. The van der Waals surface area contributed by atoms with Gasteiger partial charge in [-0.05, 0) is 36.2 Å². The minimum atomic E-state index is -0.215. The summed E-state index contributed by atoms with van der Waals surface area (Å²) in [4.78, 5) is 20.6. The summed E-state index contributed by atoms with van der Waals surface area (Å²) in [5.74, 6) is 1.15. The van der Waals surface area contributed by atoms with Crippen molar-refractivity contribution in [3.63, 3.8) is 0 Å². The van der Waals surface area contributed by atoms with E-state index in [-0.39, 0.29) is 30.3 Å². The first-order valence-corrected chi connectivity index (χ1v) is 9.92. The summed E-state index contributed by atoms with van der Waals surface area (Å²) in [6, 6.07) is 9.99. The Hall–Kier alpha value is -4.25. The van der Waals surface area contributed by atoms with Gasteiger partial charge in [-0.3, -0.25) is 4.79 Å². The molecule has 0 aliphatic rings. The molecule has 2 aromatic carbocycles. The van der Waals surface area contributed by atoms with Crippen LogP contribution >= 0.6 is 0 Å². The first-order chi connectivity index (χ1) is 15.4. The van der Waals surface area contributed by atoms with E-state index in [0.29, 0.717) is 34.0 Å². The van der Waals surface area contributed by atoms with E-state index in [1.54, 1.807) is 36.5 Å². The SMILES string of the molecule is COc1cc2c(Oc3ccc(NC(=O)Cn4cc(C(C)C)nn4)cc3)ncnc2cc1O.[N]. The number of carbonyl (C=O) groups excluding carboxylic acids is 1. The summed E-state index contributed by atoms with van der Waals surface area (Å²) in [6.45, 7) is 4.10. The molecule has 3 radical (unpaired) electrons. The highest BCUT2D eigenvalue weighted by molar-refractivity contribution is 5.90. The Kier molecular flexibility index (Phi) is 7.04. The Morgan fingerprint density at radius 3 is 2.61 bits per heavy atom. The molecule has 11 heteroatoms. The summed E-state index contributed by atoms with van der Waals surface area (Å²) >= 11 is 0. The van der Waals surface area contributed by atoms with E-state index in [1.165, 1.54) is 24.2 Å². The molecular formula is C22H22N7O4. The lowest BCUT2D eigenvalue weighted by Gasteiger charge is -2.10. The van der Waals surface area contributed by atoms with Crippen molar-refractivity contribution in [1.82, 2.24) is 31.1 Å². The number of methoxy groups -OCH3 is 1. The number of fused-ring (bicyclic) bond motifs is 1. The van der Waals surface area contributed by atoms with Gasteiger partial charge in [-0.15, -0.1) is 5.10 Å². The molecule has 2 heterocycles. The number of aromatic nitrogens is 5. The van der Waals surface area contributed by atoms with Crippen LogP contribution < -0.4 is 20.9 Å². The number of nitrogens with one attached hydrogen (secondary N) is 1. The number of rotatable bonds is 7. The minimum absolute atomic E-state index is 0. The second-order valence-electron chi connectivity index (χ2n) is 7.39. The van der Waals surface area contributed by atoms with Crippen LogP contribution in [0.3, 0.4) is 0 Å². The molecular weight excluding hydrogens is 426 g/mol. The Labute approximate surface area is 190 Å². The highest BCUT2D eigenvalue weighted by Crippen LogP contribution is 2.35. The quantitative estimate of drug-likeness (QED) is 0.437. The fourth-order valence-electron chi connectivity index (χ4n) is 3.01. The van der Waals surface area contributed by atoms with E-state index in [9.17, 15) is 9.90 Å². The van der Waals surface area contributed by atoms with E-state index >= 15 is 0 Å². The summed E-state index contributed by atoms with van der Waals surface area (Å²) in [5, 5.41) is 21.4. The normalized spacial score (nSPS) is 10.7. The zero-order valence-electron chi connectivity index (χ0n) is 18.3. The van der Waals surface area contributed by atoms with Gasteiger partial charge < -0.3 is 19.9 Å². The monoisotopic (exact) mass is 448 g/mol. The smallest absolute Gasteiger partial charge is 0.246 e. The van der Waals surface area contributed by atoms with Crippen molar-refractivity contribution in [1.29, 1.82) is 0 Å². The van der Waals surface area contributed by atoms with Crippen molar-refractivity contribution in [2.24, 2.45) is 0 Å². The molecule has 0 saturated heterocycles. The van der Waals surface area contributed by atoms with Gasteiger partial charge in [-0.25, -0.2) is 14.6 Å². The van der Waals surface area contributed by atoms with Gasteiger partial charge in [0.05, 0.1) is 23.7 Å². The largest absolute Gasteiger partial charge is 0.504 e. The molecule has 169 valence electrons. The molecule has 33 heavy (non-hydrogen) atoms. The van der Waals surface area contributed by atoms with Gasteiger partial charge in [0.15, 0.2) is 11.5 Å². The lowest BCUT2D eigenvalue weighted by atomic mass is 10.2. The molecule has 2 N–H and O–H groups in total. The van der Waals surface area contributed by atoms with Gasteiger partial charge in [-0.2, -0.15) is 0 Å². The second kappa shape index (κ2) is 9.92. The molecule has 0 aliphatic carbocycles. The molecule has 0 atom stereocenters. The van der Waals surface area contributed by atoms with E-state index in [0.717, 1.165) is 5.69 Å². The minimum Gasteiger partial charge on any atom is -0.504 e. The third kappa shape index (κ3) is 5.33. The average molecular weight is 448 g/mol. The van der Waals surface area contributed by atoms with Gasteiger partial charge >= 0.3 is 0 Å². The first-order valence-electron chi connectivity index (χ1n) is 9.92. The summed E-state index contributed by atoms with van der Waals surface area (Å²) in [5.41, 5.74) is 1.97. The Bertz CT molecular complexity index is 1260. The van der Waals surface area contributed by atoms with Crippen LogP contribution in [0.2, 0.25) is 0 Å². The molecule has 0 aliphatic heterocycles. The summed E-state index contributed by atoms with van der Waals surface area (Å²) in [6.07, 6.45) is 3.12. The number of aromatic hydroxyl groups is 1.